The molecule has 0 saturated carbocycles. The van der Waals surface area contributed by atoms with E-state index in [1.54, 1.807) is 6.08 Å². The minimum absolute atomic E-state index is 0.0564. The average Bonchev–Trinajstić information content (AvgIpc) is 3.12. The van der Waals surface area contributed by atoms with Crippen molar-refractivity contribution in [2.45, 2.75) is 13.2 Å². The minimum Gasteiger partial charge on any atom is -0.453 e. The lowest BCUT2D eigenvalue weighted by Gasteiger charge is -2.12. The van der Waals surface area contributed by atoms with E-state index in [9.17, 15) is 27.2 Å². The summed E-state index contributed by atoms with van der Waals surface area (Å²) in [5, 5.41) is 4.70. The van der Waals surface area contributed by atoms with E-state index in [0.717, 1.165) is 23.5 Å². The van der Waals surface area contributed by atoms with Crippen molar-refractivity contribution in [3.63, 3.8) is 0 Å². The second-order valence-electron chi connectivity index (χ2n) is 5.12. The molecule has 12 heteroatoms. The predicted molar refractivity (Wildman–Crippen MR) is 95.1 cm³/mol. The largest absolute Gasteiger partial charge is 0.453 e. The molecule has 7 nitrogen and oxygen atoms in total. The van der Waals surface area contributed by atoms with Gasteiger partial charge in [0.25, 0.3) is 0 Å². The van der Waals surface area contributed by atoms with E-state index in [1.165, 1.54) is 5.38 Å². The lowest BCUT2D eigenvalue weighted by molar-refractivity contribution is -0.0545. The number of nitrogens with one attached hydrogen (secondary N) is 1. The van der Waals surface area contributed by atoms with E-state index in [0.29, 0.717) is 17.7 Å². The first kappa shape index (κ1) is 22.1. The zero-order valence-corrected chi connectivity index (χ0v) is 15.4. The van der Waals surface area contributed by atoms with E-state index in [2.05, 4.69) is 26.4 Å². The average molecular weight is 434 g/mol. The molecule has 0 unspecified atom stereocenters. The van der Waals surface area contributed by atoms with Crippen LogP contribution in [0, 0.1) is 0 Å². The zero-order chi connectivity index (χ0) is 21.4. The molecule has 1 aromatic carbocycles. The first-order valence-electron chi connectivity index (χ1n) is 7.84. The predicted octanol–water partition coefficient (Wildman–Crippen LogP) is 3.98. The summed E-state index contributed by atoms with van der Waals surface area (Å²) in [6.45, 7) is -3.36. The van der Waals surface area contributed by atoms with E-state index in [-0.39, 0.29) is 5.69 Å². The number of rotatable bonds is 11. The number of hydrogen-bond acceptors (Lipinski definition) is 8. The number of ketones is 1. The van der Waals surface area contributed by atoms with E-state index in [1.807, 2.05) is 0 Å². The summed E-state index contributed by atoms with van der Waals surface area (Å²) >= 11 is 1.13. The molecule has 2 rings (SSSR count). The molecule has 1 heterocycles. The van der Waals surface area contributed by atoms with Crippen molar-refractivity contribution in [3.8, 4) is 11.5 Å². The molecule has 0 aliphatic heterocycles. The standard InChI is InChI=1S/C17H14F4N2O5S/c1-2-5-22-17-23-11(8-29-17)14(25)26-7-12(24)10-4-3-9(27-15(18)19)6-13(10)28-16(20)21/h2-4,6,8,15-16H,1,5,7H2,(H,22,23). The molecule has 0 saturated heterocycles. The third kappa shape index (κ3) is 6.75. The van der Waals surface area contributed by atoms with Gasteiger partial charge in [-0.25, -0.2) is 9.78 Å². The van der Waals surface area contributed by atoms with Crippen LogP contribution in [0.1, 0.15) is 20.8 Å². The molecule has 0 spiro atoms. The summed E-state index contributed by atoms with van der Waals surface area (Å²) in [6, 6.07) is 2.63. The molecule has 0 aliphatic rings. The highest BCUT2D eigenvalue weighted by Crippen LogP contribution is 2.28. The van der Waals surface area contributed by atoms with Crippen molar-refractivity contribution < 1.29 is 41.4 Å². The van der Waals surface area contributed by atoms with E-state index < -0.39 is 48.6 Å². The first-order chi connectivity index (χ1) is 13.8. The van der Waals surface area contributed by atoms with E-state index >= 15 is 0 Å². The van der Waals surface area contributed by atoms with Gasteiger partial charge in [0.1, 0.15) is 11.5 Å². The van der Waals surface area contributed by atoms with Crippen molar-refractivity contribution in [3.05, 3.63) is 47.5 Å². The van der Waals surface area contributed by atoms with Gasteiger partial charge in [-0.3, -0.25) is 4.79 Å². The lowest BCUT2D eigenvalue weighted by Crippen LogP contribution is -2.16. The minimum atomic E-state index is -3.32. The van der Waals surface area contributed by atoms with Crippen LogP contribution < -0.4 is 14.8 Å². The summed E-state index contributed by atoms with van der Waals surface area (Å²) in [5.74, 6) is -2.97. The molecule has 2 aromatic rings. The Hall–Kier alpha value is -3.15. The van der Waals surface area contributed by atoms with Crippen molar-refractivity contribution >= 4 is 28.2 Å². The number of esters is 1. The van der Waals surface area contributed by atoms with Crippen LogP contribution in [-0.2, 0) is 4.74 Å². The fraction of sp³-hybridized carbons (Fsp3) is 0.235. The number of thiazole rings is 1. The maximum Gasteiger partial charge on any atom is 0.387 e. The molecule has 0 radical (unpaired) electrons. The molecule has 0 bridgehead atoms. The Kier molecular flexibility index (Phi) is 7.95. The number of carbonyl (C=O) groups excluding carboxylic acids is 2. The number of nitrogens with zero attached hydrogens (tertiary/aromatic N) is 1. The van der Waals surface area contributed by atoms with Gasteiger partial charge in [-0.2, -0.15) is 17.6 Å². The Morgan fingerprint density at radius 1 is 1.21 bits per heavy atom. The highest BCUT2D eigenvalue weighted by molar-refractivity contribution is 7.13. The maximum absolute atomic E-state index is 12.6. The second-order valence-corrected chi connectivity index (χ2v) is 5.98. The van der Waals surface area contributed by atoms with Gasteiger partial charge in [0.2, 0.25) is 5.78 Å². The van der Waals surface area contributed by atoms with E-state index in [4.69, 9.17) is 4.74 Å². The van der Waals surface area contributed by atoms with Crippen molar-refractivity contribution in [2.75, 3.05) is 18.5 Å². The number of hydrogen-bond donors (Lipinski definition) is 1. The zero-order valence-electron chi connectivity index (χ0n) is 14.6. The first-order valence-corrected chi connectivity index (χ1v) is 8.72. The molecule has 1 N–H and O–H groups in total. The van der Waals surface area contributed by atoms with Crippen LogP contribution in [0.3, 0.4) is 0 Å². The number of halogens is 4. The van der Waals surface area contributed by atoms with Crippen LogP contribution in [0.2, 0.25) is 0 Å². The van der Waals surface area contributed by atoms with Gasteiger partial charge in [-0.1, -0.05) is 6.08 Å². The summed E-state index contributed by atoms with van der Waals surface area (Å²) in [5.41, 5.74) is -0.453. The molecule has 0 fully saturated rings. The third-order valence-electron chi connectivity index (χ3n) is 3.14. The molecular weight excluding hydrogens is 420 g/mol. The molecule has 0 atom stereocenters. The van der Waals surface area contributed by atoms with Crippen LogP contribution in [-0.4, -0.2) is 43.1 Å². The normalized spacial score (nSPS) is 10.7. The quantitative estimate of drug-likeness (QED) is 0.248. The smallest absolute Gasteiger partial charge is 0.387 e. The Balaban J connectivity index is 2.06. The van der Waals surface area contributed by atoms with Gasteiger partial charge in [0.15, 0.2) is 17.4 Å². The summed E-state index contributed by atoms with van der Waals surface area (Å²) < 4.78 is 62.7. The number of anilines is 1. The van der Waals surface area contributed by atoms with Crippen LogP contribution in [0.25, 0.3) is 0 Å². The van der Waals surface area contributed by atoms with Gasteiger partial charge in [-0.05, 0) is 12.1 Å². The fourth-order valence-corrected chi connectivity index (χ4v) is 2.68. The Bertz CT molecular complexity index is 875. The molecular formula is C17H14F4N2O5S. The van der Waals surface area contributed by atoms with Gasteiger partial charge in [-0.15, -0.1) is 17.9 Å². The summed E-state index contributed by atoms with van der Waals surface area (Å²) in [6.07, 6.45) is 1.59. The topological polar surface area (TPSA) is 86.8 Å². The third-order valence-corrected chi connectivity index (χ3v) is 3.94. The molecule has 0 amide bonds. The van der Waals surface area contributed by atoms with Crippen molar-refractivity contribution in [1.82, 2.24) is 4.98 Å². The van der Waals surface area contributed by atoms with Gasteiger partial charge in [0.05, 0.1) is 5.56 Å². The Morgan fingerprint density at radius 2 is 1.93 bits per heavy atom. The fourth-order valence-electron chi connectivity index (χ4n) is 1.99. The second kappa shape index (κ2) is 10.4. The molecule has 1 aromatic heterocycles. The van der Waals surface area contributed by atoms with Crippen LogP contribution in [0.4, 0.5) is 22.7 Å². The number of Topliss-reactive ketones (excluding diaryl/α,β-unsaturated/α-hetero) is 1. The highest BCUT2D eigenvalue weighted by Gasteiger charge is 2.20. The lowest BCUT2D eigenvalue weighted by atomic mass is 10.1. The number of aromatic nitrogens is 1. The molecule has 29 heavy (non-hydrogen) atoms. The Morgan fingerprint density at radius 3 is 2.59 bits per heavy atom. The molecule has 156 valence electrons. The number of benzene rings is 1. The van der Waals surface area contributed by atoms with Crippen molar-refractivity contribution in [2.24, 2.45) is 0 Å². The van der Waals surface area contributed by atoms with Gasteiger partial charge in [0, 0.05) is 18.0 Å². The summed E-state index contributed by atoms with van der Waals surface area (Å²) in [7, 11) is 0. The number of alkyl halides is 4. The number of ether oxygens (including phenoxy) is 3. The monoisotopic (exact) mass is 434 g/mol. The van der Waals surface area contributed by atoms with Crippen LogP contribution in [0.5, 0.6) is 11.5 Å². The highest BCUT2D eigenvalue weighted by atomic mass is 32.1. The van der Waals surface area contributed by atoms with Crippen LogP contribution in [0.15, 0.2) is 36.2 Å². The number of carbonyl (C=O) groups is 2. The molecule has 0 aliphatic carbocycles. The van der Waals surface area contributed by atoms with Gasteiger partial charge < -0.3 is 19.5 Å². The maximum atomic E-state index is 12.6. The SMILES string of the molecule is C=CCNc1nc(C(=O)OCC(=O)c2ccc(OC(F)F)cc2OC(F)F)cs1. The van der Waals surface area contributed by atoms with Gasteiger partial charge >= 0.3 is 19.2 Å². The summed E-state index contributed by atoms with van der Waals surface area (Å²) in [4.78, 5) is 28.2. The van der Waals surface area contributed by atoms with Crippen molar-refractivity contribution in [1.29, 1.82) is 0 Å². The van der Waals surface area contributed by atoms with Crippen LogP contribution >= 0.6 is 11.3 Å². The Labute approximate surface area is 165 Å².